The molecule has 0 aromatic heterocycles. The molecule has 1 N–H and O–H groups in total. The van der Waals surface area contributed by atoms with E-state index in [1.807, 2.05) is 0 Å². The highest BCUT2D eigenvalue weighted by Crippen LogP contribution is 2.30. The smallest absolute Gasteiger partial charge is 0.0186 e. The Labute approximate surface area is 113 Å². The lowest BCUT2D eigenvalue weighted by atomic mass is 9.93. The quantitative estimate of drug-likeness (QED) is 0.730. The van der Waals surface area contributed by atoms with E-state index in [-0.39, 0.29) is 0 Å². The summed E-state index contributed by atoms with van der Waals surface area (Å²) in [6.07, 6.45) is 8.72. The van der Waals surface area contributed by atoms with Crippen LogP contribution in [0.4, 0.5) is 0 Å². The fourth-order valence-electron chi connectivity index (χ4n) is 2.68. The zero-order valence-electron chi connectivity index (χ0n) is 12.2. The van der Waals surface area contributed by atoms with Crippen LogP contribution in [0.5, 0.6) is 0 Å². The van der Waals surface area contributed by atoms with Crippen LogP contribution in [-0.2, 0) is 0 Å². The van der Waals surface area contributed by atoms with Gasteiger partial charge in [0, 0.05) is 16.5 Å². The minimum atomic E-state index is 0.401. The second-order valence-electron chi connectivity index (χ2n) is 6.34. The summed E-state index contributed by atoms with van der Waals surface area (Å²) in [4.78, 5) is 0. The molecule has 0 amide bonds. The van der Waals surface area contributed by atoms with E-state index in [0.29, 0.717) is 4.75 Å². The summed E-state index contributed by atoms with van der Waals surface area (Å²) < 4.78 is 0.401. The first kappa shape index (κ1) is 15.4. The third kappa shape index (κ3) is 6.71. The van der Waals surface area contributed by atoms with Gasteiger partial charge >= 0.3 is 0 Å². The lowest BCUT2D eigenvalue weighted by Gasteiger charge is -2.29. The van der Waals surface area contributed by atoms with Crippen LogP contribution < -0.4 is 5.32 Å². The Morgan fingerprint density at radius 2 is 1.71 bits per heavy atom. The van der Waals surface area contributed by atoms with Gasteiger partial charge in [-0.3, -0.25) is 0 Å². The Bertz CT molecular complexity index is 190. The van der Waals surface area contributed by atoms with Gasteiger partial charge in [-0.2, -0.15) is 11.8 Å². The molecule has 0 aromatic carbocycles. The molecular weight excluding hydrogens is 226 g/mol. The van der Waals surface area contributed by atoms with E-state index in [1.54, 1.807) is 0 Å². The van der Waals surface area contributed by atoms with Gasteiger partial charge < -0.3 is 5.32 Å². The lowest BCUT2D eigenvalue weighted by molar-refractivity contribution is 0.347. The van der Waals surface area contributed by atoms with Gasteiger partial charge in [0.1, 0.15) is 0 Å². The second-order valence-corrected chi connectivity index (χ2v) is 8.19. The number of thioether (sulfide) groups is 1. The molecule has 0 heterocycles. The van der Waals surface area contributed by atoms with Crippen LogP contribution in [0.25, 0.3) is 0 Å². The van der Waals surface area contributed by atoms with Gasteiger partial charge in [-0.05, 0) is 25.3 Å². The first-order chi connectivity index (χ1) is 8.03. The summed E-state index contributed by atoms with van der Waals surface area (Å²) in [5.41, 5.74) is 0. The molecule has 0 aromatic rings. The van der Waals surface area contributed by atoms with Gasteiger partial charge in [0.15, 0.2) is 0 Å². The zero-order valence-corrected chi connectivity index (χ0v) is 13.0. The van der Waals surface area contributed by atoms with Crippen molar-refractivity contribution in [3.63, 3.8) is 0 Å². The van der Waals surface area contributed by atoms with Crippen molar-refractivity contribution in [2.75, 3.05) is 12.3 Å². The number of hydrogen-bond acceptors (Lipinski definition) is 2. The number of hydrogen-bond donors (Lipinski definition) is 1. The standard InChI is InChI=1S/C15H31NS/c1-5-16-14(12-17-15(2,3)4)13-10-8-6-7-9-11-13/h13-14,16H,5-12H2,1-4H3. The molecule has 1 saturated carbocycles. The van der Waals surface area contributed by atoms with Crippen LogP contribution in [0.3, 0.4) is 0 Å². The van der Waals surface area contributed by atoms with Gasteiger partial charge in [-0.1, -0.05) is 53.4 Å². The Kier molecular flexibility index (Phi) is 6.94. The summed E-state index contributed by atoms with van der Waals surface area (Å²) in [5.74, 6) is 2.20. The van der Waals surface area contributed by atoms with E-state index in [9.17, 15) is 0 Å². The van der Waals surface area contributed by atoms with Gasteiger partial charge in [0.05, 0.1) is 0 Å². The predicted octanol–water partition coefficient (Wildman–Crippen LogP) is 4.47. The topological polar surface area (TPSA) is 12.0 Å². The molecule has 0 aliphatic heterocycles. The zero-order chi connectivity index (χ0) is 12.7. The third-order valence-corrected chi connectivity index (χ3v) is 5.02. The number of nitrogens with one attached hydrogen (secondary N) is 1. The van der Waals surface area contributed by atoms with Gasteiger partial charge in [-0.25, -0.2) is 0 Å². The summed E-state index contributed by atoms with van der Waals surface area (Å²) in [5, 5.41) is 3.73. The van der Waals surface area contributed by atoms with E-state index >= 15 is 0 Å². The van der Waals surface area contributed by atoms with Crippen LogP contribution in [0.1, 0.15) is 66.2 Å². The highest BCUT2D eigenvalue weighted by Gasteiger charge is 2.23. The molecule has 1 nitrogen and oxygen atoms in total. The molecule has 102 valence electrons. The van der Waals surface area contributed by atoms with Crippen LogP contribution in [0.2, 0.25) is 0 Å². The maximum Gasteiger partial charge on any atom is 0.0186 e. The fraction of sp³-hybridized carbons (Fsp3) is 1.00. The summed E-state index contributed by atoms with van der Waals surface area (Å²) in [7, 11) is 0. The van der Waals surface area contributed by atoms with E-state index in [0.717, 1.165) is 18.5 Å². The van der Waals surface area contributed by atoms with Crippen LogP contribution in [0, 0.1) is 5.92 Å². The minimum absolute atomic E-state index is 0.401. The largest absolute Gasteiger partial charge is 0.313 e. The average molecular weight is 257 g/mol. The van der Waals surface area contributed by atoms with Crippen molar-refractivity contribution in [1.29, 1.82) is 0 Å². The summed E-state index contributed by atoms with van der Waals surface area (Å²) in [6, 6.07) is 0.738. The molecule has 2 heteroatoms. The van der Waals surface area contributed by atoms with E-state index < -0.39 is 0 Å². The summed E-state index contributed by atoms with van der Waals surface area (Å²) in [6.45, 7) is 10.3. The van der Waals surface area contributed by atoms with Crippen molar-refractivity contribution in [2.24, 2.45) is 5.92 Å². The molecule has 1 atom stereocenters. The number of rotatable bonds is 5. The summed E-state index contributed by atoms with van der Waals surface area (Å²) >= 11 is 2.12. The van der Waals surface area contributed by atoms with Crippen LogP contribution in [-0.4, -0.2) is 23.1 Å². The molecule has 0 radical (unpaired) electrons. The van der Waals surface area contributed by atoms with Crippen molar-refractivity contribution in [1.82, 2.24) is 5.32 Å². The molecule has 1 rings (SSSR count). The predicted molar refractivity (Wildman–Crippen MR) is 80.9 cm³/mol. The Morgan fingerprint density at radius 3 is 2.18 bits per heavy atom. The molecule has 17 heavy (non-hydrogen) atoms. The highest BCUT2D eigenvalue weighted by atomic mass is 32.2. The molecule has 1 unspecified atom stereocenters. The molecular formula is C15H31NS. The SMILES string of the molecule is CCNC(CSC(C)(C)C)C1CCCCCC1. The average Bonchev–Trinajstić information content (AvgIpc) is 2.51. The molecule has 1 aliphatic rings. The Balaban J connectivity index is 2.44. The van der Waals surface area contributed by atoms with Crippen molar-refractivity contribution < 1.29 is 0 Å². The van der Waals surface area contributed by atoms with Crippen LogP contribution >= 0.6 is 11.8 Å². The van der Waals surface area contributed by atoms with Crippen LogP contribution in [0.15, 0.2) is 0 Å². The van der Waals surface area contributed by atoms with Crippen molar-refractivity contribution in [2.45, 2.75) is 77.0 Å². The minimum Gasteiger partial charge on any atom is -0.313 e. The third-order valence-electron chi connectivity index (χ3n) is 3.63. The molecule has 0 saturated heterocycles. The van der Waals surface area contributed by atoms with Crippen molar-refractivity contribution in [3.05, 3.63) is 0 Å². The maximum absolute atomic E-state index is 3.73. The second kappa shape index (κ2) is 7.68. The highest BCUT2D eigenvalue weighted by molar-refractivity contribution is 8.00. The monoisotopic (exact) mass is 257 g/mol. The van der Waals surface area contributed by atoms with E-state index in [4.69, 9.17) is 0 Å². The lowest BCUT2D eigenvalue weighted by Crippen LogP contribution is -2.39. The molecule has 0 bridgehead atoms. The first-order valence-electron chi connectivity index (χ1n) is 7.40. The Hall–Kier alpha value is 0.310. The van der Waals surface area contributed by atoms with Gasteiger partial charge in [0.2, 0.25) is 0 Å². The molecule has 1 fully saturated rings. The Morgan fingerprint density at radius 1 is 1.12 bits per heavy atom. The molecule has 0 spiro atoms. The fourth-order valence-corrected chi connectivity index (χ4v) is 3.75. The maximum atomic E-state index is 3.73. The normalized spacial score (nSPS) is 21.2. The van der Waals surface area contributed by atoms with Gasteiger partial charge in [0.25, 0.3) is 0 Å². The first-order valence-corrected chi connectivity index (χ1v) is 8.39. The van der Waals surface area contributed by atoms with Crippen molar-refractivity contribution >= 4 is 11.8 Å². The van der Waals surface area contributed by atoms with Crippen molar-refractivity contribution in [3.8, 4) is 0 Å². The molecule has 1 aliphatic carbocycles. The van der Waals surface area contributed by atoms with E-state index in [2.05, 4.69) is 44.8 Å². The van der Waals surface area contributed by atoms with Gasteiger partial charge in [-0.15, -0.1) is 0 Å². The van der Waals surface area contributed by atoms with E-state index in [1.165, 1.54) is 44.3 Å².